The van der Waals surface area contributed by atoms with Gasteiger partial charge >= 0.3 is 11.9 Å². The molecule has 0 saturated heterocycles. The molecule has 224 valence electrons. The summed E-state index contributed by atoms with van der Waals surface area (Å²) in [6.45, 7) is 14.8. The van der Waals surface area contributed by atoms with Gasteiger partial charge in [-0.15, -0.1) is 0 Å². The molecule has 0 radical (unpaired) electrons. The molecule has 0 aliphatic heterocycles. The summed E-state index contributed by atoms with van der Waals surface area (Å²) in [5.74, 6) is -0.259. The molecule has 0 amide bonds. The van der Waals surface area contributed by atoms with Gasteiger partial charge in [0.2, 0.25) is 0 Å². The first-order chi connectivity index (χ1) is 19.1. The molecular weight excluding hydrogens is 796 g/mol. The molecule has 2 aromatic rings. The molecule has 0 spiro atoms. The molecule has 0 aliphatic carbocycles. The number of esters is 2. The molecule has 0 fully saturated rings. The fourth-order valence-corrected chi connectivity index (χ4v) is 6.29. The van der Waals surface area contributed by atoms with Crippen molar-refractivity contribution >= 4 is 75.7 Å². The highest BCUT2D eigenvalue weighted by Crippen LogP contribution is 2.52. The number of phenolic OH excluding ortho intramolecular Hbond substituents is 2. The number of hydrogen-bond donors (Lipinski definition) is 2. The van der Waals surface area contributed by atoms with Crippen molar-refractivity contribution < 1.29 is 38.7 Å². The SMILES string of the molecule is C=C(C)C(=O)OCCCOc1c(Br)cc(C(C)(C)c2cc(Br)c(OCCCOC(=O)C(=C)C)c(Br)c2O)c(O)c1Br. The summed E-state index contributed by atoms with van der Waals surface area (Å²) in [5, 5.41) is 22.3. The lowest BCUT2D eigenvalue weighted by Gasteiger charge is -2.30. The maximum absolute atomic E-state index is 11.5. The minimum Gasteiger partial charge on any atom is -0.506 e. The second-order valence-corrected chi connectivity index (χ2v) is 13.0. The van der Waals surface area contributed by atoms with Crippen LogP contribution in [0.15, 0.2) is 54.3 Å². The van der Waals surface area contributed by atoms with Gasteiger partial charge in [-0.2, -0.15) is 0 Å². The summed E-state index contributed by atoms with van der Waals surface area (Å²) in [4.78, 5) is 23.0. The number of rotatable bonds is 14. The Balaban J connectivity index is 2.21. The average molecular weight is 828 g/mol. The number of phenols is 2. The molecule has 0 atom stereocenters. The van der Waals surface area contributed by atoms with Gasteiger partial charge in [0.05, 0.1) is 35.4 Å². The minimum absolute atomic E-state index is 0.0572. The lowest BCUT2D eigenvalue weighted by Crippen LogP contribution is -2.20. The van der Waals surface area contributed by atoms with Crippen LogP contribution in [0, 0.1) is 0 Å². The van der Waals surface area contributed by atoms with E-state index in [-0.39, 0.29) is 37.9 Å². The van der Waals surface area contributed by atoms with Gasteiger partial charge in [-0.25, -0.2) is 9.59 Å². The fraction of sp³-hybridized carbons (Fsp3) is 0.379. The van der Waals surface area contributed by atoms with Gasteiger partial charge < -0.3 is 29.2 Å². The number of benzene rings is 2. The number of halogens is 4. The number of hydrogen-bond acceptors (Lipinski definition) is 8. The van der Waals surface area contributed by atoms with Crippen LogP contribution in [0.25, 0.3) is 0 Å². The van der Waals surface area contributed by atoms with Crippen LogP contribution in [-0.2, 0) is 24.5 Å². The number of carbonyl (C=O) groups excluding carboxylic acids is 2. The molecule has 0 bridgehead atoms. The molecular formula is C29H32Br4O8. The van der Waals surface area contributed by atoms with Crippen LogP contribution < -0.4 is 9.47 Å². The predicted molar refractivity (Wildman–Crippen MR) is 171 cm³/mol. The first kappa shape index (κ1) is 35.2. The van der Waals surface area contributed by atoms with E-state index in [9.17, 15) is 19.8 Å². The standard InChI is InChI=1S/C29H32Br4O8/c1-15(2)27(36)40-11-7-9-38-25-19(30)13-17(23(34)21(25)32)29(5,6)18-14-20(31)26(22(33)24(18)35)39-10-8-12-41-28(37)16(3)4/h13-14,34-35H,1,3,7-12H2,2,4-6H3. The quantitative estimate of drug-likeness (QED) is 0.111. The summed E-state index contributed by atoms with van der Waals surface area (Å²) < 4.78 is 23.6. The van der Waals surface area contributed by atoms with Crippen LogP contribution in [0.1, 0.15) is 51.7 Å². The highest BCUT2D eigenvalue weighted by Gasteiger charge is 2.34. The van der Waals surface area contributed by atoms with E-state index >= 15 is 0 Å². The van der Waals surface area contributed by atoms with Gasteiger partial charge in [0.1, 0.15) is 20.4 Å². The highest BCUT2D eigenvalue weighted by molar-refractivity contribution is 9.11. The zero-order valence-corrected chi connectivity index (χ0v) is 29.5. The number of ether oxygens (including phenoxy) is 4. The van der Waals surface area contributed by atoms with Gasteiger partial charge in [-0.3, -0.25) is 0 Å². The molecule has 2 N–H and O–H groups in total. The van der Waals surface area contributed by atoms with Crippen LogP contribution in [0.5, 0.6) is 23.0 Å². The third-order valence-corrected chi connectivity index (χ3v) is 8.53. The van der Waals surface area contributed by atoms with E-state index in [1.54, 1.807) is 26.0 Å². The molecule has 2 rings (SSSR count). The molecule has 0 aromatic heterocycles. The Kier molecular flexibility index (Phi) is 13.3. The predicted octanol–water partition coefficient (Wildman–Crippen LogP) is 8.25. The van der Waals surface area contributed by atoms with E-state index < -0.39 is 17.4 Å². The Morgan fingerprint density at radius 3 is 1.39 bits per heavy atom. The van der Waals surface area contributed by atoms with E-state index in [0.717, 1.165) is 0 Å². The van der Waals surface area contributed by atoms with Crippen molar-refractivity contribution in [2.24, 2.45) is 0 Å². The zero-order chi connectivity index (χ0) is 31.1. The smallest absolute Gasteiger partial charge is 0.333 e. The van der Waals surface area contributed by atoms with Crippen molar-refractivity contribution in [1.29, 1.82) is 0 Å². The summed E-state index contributed by atoms with van der Waals surface area (Å²) in [6, 6.07) is 3.46. The van der Waals surface area contributed by atoms with Crippen molar-refractivity contribution in [3.05, 3.63) is 65.5 Å². The Bertz CT molecular complexity index is 1240. The number of aromatic hydroxyl groups is 2. The minimum atomic E-state index is -0.880. The average Bonchev–Trinajstić information content (AvgIpc) is 2.90. The van der Waals surface area contributed by atoms with Crippen molar-refractivity contribution in [2.75, 3.05) is 26.4 Å². The van der Waals surface area contributed by atoms with Crippen molar-refractivity contribution in [2.45, 2.75) is 46.0 Å². The molecule has 0 heterocycles. The van der Waals surface area contributed by atoms with Gasteiger partial charge in [-0.05, 0) is 89.7 Å². The van der Waals surface area contributed by atoms with Crippen LogP contribution >= 0.6 is 63.7 Å². The summed E-state index contributed by atoms with van der Waals surface area (Å²) in [6.07, 6.45) is 0.881. The molecule has 41 heavy (non-hydrogen) atoms. The van der Waals surface area contributed by atoms with Crippen LogP contribution in [0.3, 0.4) is 0 Å². The Labute approximate surface area is 273 Å². The third-order valence-electron chi connectivity index (χ3n) is 5.88. The Morgan fingerprint density at radius 2 is 1.07 bits per heavy atom. The summed E-state index contributed by atoms with van der Waals surface area (Å²) in [5.41, 5.74) is 0.799. The van der Waals surface area contributed by atoms with Crippen molar-refractivity contribution in [3.8, 4) is 23.0 Å². The Morgan fingerprint density at radius 1 is 0.732 bits per heavy atom. The second kappa shape index (κ2) is 15.5. The Hall–Kier alpha value is -2.02. The van der Waals surface area contributed by atoms with E-state index in [2.05, 4.69) is 76.9 Å². The van der Waals surface area contributed by atoms with Crippen LogP contribution in [0.2, 0.25) is 0 Å². The maximum atomic E-state index is 11.5. The maximum Gasteiger partial charge on any atom is 0.333 e. The first-order valence-electron chi connectivity index (χ1n) is 12.4. The summed E-state index contributed by atoms with van der Waals surface area (Å²) >= 11 is 13.9. The topological polar surface area (TPSA) is 112 Å². The van der Waals surface area contributed by atoms with Crippen molar-refractivity contribution in [1.82, 2.24) is 0 Å². The lowest BCUT2D eigenvalue weighted by atomic mass is 9.77. The molecule has 2 aromatic carbocycles. The van der Waals surface area contributed by atoms with Crippen LogP contribution in [0.4, 0.5) is 0 Å². The van der Waals surface area contributed by atoms with E-state index in [1.807, 2.05) is 13.8 Å². The normalized spacial score (nSPS) is 11.1. The largest absolute Gasteiger partial charge is 0.506 e. The molecule has 0 saturated carbocycles. The molecule has 8 nitrogen and oxygen atoms in total. The van der Waals surface area contributed by atoms with Gasteiger partial charge in [0.25, 0.3) is 0 Å². The van der Waals surface area contributed by atoms with Gasteiger partial charge in [0, 0.05) is 40.5 Å². The highest BCUT2D eigenvalue weighted by atomic mass is 79.9. The number of carbonyl (C=O) groups is 2. The molecule has 0 unspecified atom stereocenters. The van der Waals surface area contributed by atoms with E-state index in [0.29, 0.717) is 64.5 Å². The van der Waals surface area contributed by atoms with E-state index in [4.69, 9.17) is 18.9 Å². The van der Waals surface area contributed by atoms with Crippen LogP contribution in [-0.4, -0.2) is 48.6 Å². The monoisotopic (exact) mass is 824 g/mol. The van der Waals surface area contributed by atoms with E-state index in [1.165, 1.54) is 0 Å². The third kappa shape index (κ3) is 8.98. The molecule has 12 heteroatoms. The zero-order valence-electron chi connectivity index (χ0n) is 23.2. The second-order valence-electron chi connectivity index (χ2n) is 9.66. The van der Waals surface area contributed by atoms with Crippen molar-refractivity contribution in [3.63, 3.8) is 0 Å². The lowest BCUT2D eigenvalue weighted by molar-refractivity contribution is -0.140. The molecule has 0 aliphatic rings. The van der Waals surface area contributed by atoms with Gasteiger partial charge in [-0.1, -0.05) is 27.0 Å². The van der Waals surface area contributed by atoms with Gasteiger partial charge in [0.15, 0.2) is 11.5 Å². The fourth-order valence-electron chi connectivity index (χ4n) is 3.59. The summed E-state index contributed by atoms with van der Waals surface area (Å²) in [7, 11) is 0. The first-order valence-corrected chi connectivity index (χ1v) is 15.6.